The van der Waals surface area contributed by atoms with Crippen molar-refractivity contribution in [2.75, 3.05) is 6.61 Å². The molecule has 1 aromatic heterocycles. The van der Waals surface area contributed by atoms with Crippen LogP contribution in [0, 0.1) is 0 Å². The lowest BCUT2D eigenvalue weighted by Gasteiger charge is -2.07. The molecule has 0 aliphatic carbocycles. The number of aromatic hydroxyl groups is 1. The third-order valence-electron chi connectivity index (χ3n) is 2.30. The van der Waals surface area contributed by atoms with Crippen LogP contribution >= 0.6 is 11.6 Å². The third-order valence-corrected chi connectivity index (χ3v) is 2.60. The standard InChI is InChI=1S/C11H12ClNO3/c1-2-16-11(15)9-4-6-3-7(12)10(14)5-8(6)13-9/h3-5,11,13-15H,2H2,1H3. The Balaban J connectivity index is 2.43. The van der Waals surface area contributed by atoms with E-state index in [0.29, 0.717) is 17.8 Å². The average molecular weight is 242 g/mol. The molecule has 1 atom stereocenters. The van der Waals surface area contributed by atoms with E-state index in [4.69, 9.17) is 16.3 Å². The number of benzene rings is 1. The first kappa shape index (κ1) is 11.3. The van der Waals surface area contributed by atoms with E-state index in [2.05, 4.69) is 4.98 Å². The highest BCUT2D eigenvalue weighted by atomic mass is 35.5. The Kier molecular flexibility index (Phi) is 3.05. The molecule has 86 valence electrons. The molecule has 0 bridgehead atoms. The van der Waals surface area contributed by atoms with Crippen LogP contribution < -0.4 is 0 Å². The number of halogens is 1. The second kappa shape index (κ2) is 4.33. The molecule has 2 rings (SSSR count). The highest BCUT2D eigenvalue weighted by Crippen LogP contribution is 2.30. The summed E-state index contributed by atoms with van der Waals surface area (Å²) >= 11 is 5.78. The molecule has 0 saturated heterocycles. The highest BCUT2D eigenvalue weighted by molar-refractivity contribution is 6.32. The molecule has 16 heavy (non-hydrogen) atoms. The summed E-state index contributed by atoms with van der Waals surface area (Å²) in [4.78, 5) is 2.95. The van der Waals surface area contributed by atoms with Crippen LogP contribution in [0.25, 0.3) is 10.9 Å². The van der Waals surface area contributed by atoms with Crippen molar-refractivity contribution in [3.05, 3.63) is 28.9 Å². The number of phenols is 1. The topological polar surface area (TPSA) is 65.5 Å². The van der Waals surface area contributed by atoms with Crippen molar-refractivity contribution in [3.63, 3.8) is 0 Å². The Hall–Kier alpha value is -1.23. The van der Waals surface area contributed by atoms with E-state index >= 15 is 0 Å². The van der Waals surface area contributed by atoms with Gasteiger partial charge < -0.3 is 19.9 Å². The van der Waals surface area contributed by atoms with Gasteiger partial charge in [-0.25, -0.2) is 0 Å². The van der Waals surface area contributed by atoms with Gasteiger partial charge in [0, 0.05) is 23.6 Å². The quantitative estimate of drug-likeness (QED) is 0.724. The molecule has 1 heterocycles. The lowest BCUT2D eigenvalue weighted by atomic mass is 10.2. The lowest BCUT2D eigenvalue weighted by molar-refractivity contribution is -0.100. The van der Waals surface area contributed by atoms with Crippen LogP contribution in [0.1, 0.15) is 18.9 Å². The number of aliphatic hydroxyl groups is 1. The normalized spacial score (nSPS) is 13.2. The number of aromatic nitrogens is 1. The van der Waals surface area contributed by atoms with Crippen molar-refractivity contribution in [2.24, 2.45) is 0 Å². The predicted molar refractivity (Wildman–Crippen MR) is 61.6 cm³/mol. The van der Waals surface area contributed by atoms with Crippen molar-refractivity contribution in [1.82, 2.24) is 4.98 Å². The number of ether oxygens (including phenoxy) is 1. The maximum absolute atomic E-state index is 9.61. The van der Waals surface area contributed by atoms with E-state index in [1.165, 1.54) is 6.07 Å². The molecule has 0 spiro atoms. The van der Waals surface area contributed by atoms with Crippen molar-refractivity contribution < 1.29 is 14.9 Å². The molecule has 0 amide bonds. The molecular weight excluding hydrogens is 230 g/mol. The maximum Gasteiger partial charge on any atom is 0.196 e. The summed E-state index contributed by atoms with van der Waals surface area (Å²) in [5, 5.41) is 20.1. The van der Waals surface area contributed by atoms with Gasteiger partial charge in [-0.05, 0) is 19.1 Å². The van der Waals surface area contributed by atoms with Gasteiger partial charge in [-0.3, -0.25) is 0 Å². The van der Waals surface area contributed by atoms with Crippen LogP contribution in [0.5, 0.6) is 5.75 Å². The molecule has 2 aromatic rings. The minimum absolute atomic E-state index is 0.00784. The molecule has 0 radical (unpaired) electrons. The SMILES string of the molecule is CCOC(O)c1cc2cc(Cl)c(O)cc2[nH]1. The summed E-state index contributed by atoms with van der Waals surface area (Å²) in [7, 11) is 0. The second-order valence-electron chi connectivity index (χ2n) is 3.42. The number of hydrogen-bond donors (Lipinski definition) is 3. The molecule has 1 unspecified atom stereocenters. The Morgan fingerprint density at radius 1 is 1.44 bits per heavy atom. The molecular formula is C11H12ClNO3. The number of phenolic OH excluding ortho intramolecular Hbond substituents is 1. The van der Waals surface area contributed by atoms with E-state index in [1.807, 2.05) is 0 Å². The van der Waals surface area contributed by atoms with Gasteiger partial charge >= 0.3 is 0 Å². The van der Waals surface area contributed by atoms with Crippen LogP contribution in [-0.4, -0.2) is 21.8 Å². The monoisotopic (exact) mass is 241 g/mol. The molecule has 0 fully saturated rings. The number of hydrogen-bond acceptors (Lipinski definition) is 3. The van der Waals surface area contributed by atoms with Gasteiger partial charge in [0.25, 0.3) is 0 Å². The van der Waals surface area contributed by atoms with Gasteiger partial charge in [0.05, 0.1) is 10.7 Å². The number of aliphatic hydroxyl groups excluding tert-OH is 1. The van der Waals surface area contributed by atoms with Gasteiger partial charge in [0.15, 0.2) is 6.29 Å². The van der Waals surface area contributed by atoms with Crippen LogP contribution in [0.3, 0.4) is 0 Å². The van der Waals surface area contributed by atoms with Crippen molar-refractivity contribution in [2.45, 2.75) is 13.2 Å². The molecule has 1 aromatic carbocycles. The van der Waals surface area contributed by atoms with Crippen LogP contribution in [0.15, 0.2) is 18.2 Å². The minimum atomic E-state index is -0.988. The van der Waals surface area contributed by atoms with Crippen LogP contribution in [0.4, 0.5) is 0 Å². The predicted octanol–water partition coefficient (Wildman–Crippen LogP) is 2.55. The van der Waals surface area contributed by atoms with Gasteiger partial charge in [-0.15, -0.1) is 0 Å². The van der Waals surface area contributed by atoms with E-state index in [1.54, 1.807) is 19.1 Å². The zero-order valence-electron chi connectivity index (χ0n) is 8.70. The van der Waals surface area contributed by atoms with Crippen LogP contribution in [-0.2, 0) is 4.74 Å². The summed E-state index contributed by atoms with van der Waals surface area (Å²) in [6, 6.07) is 4.88. The Labute approximate surface area is 97.4 Å². The van der Waals surface area contributed by atoms with E-state index < -0.39 is 6.29 Å². The summed E-state index contributed by atoms with van der Waals surface area (Å²) in [6.07, 6.45) is -0.988. The smallest absolute Gasteiger partial charge is 0.196 e. The van der Waals surface area contributed by atoms with Crippen molar-refractivity contribution >= 4 is 22.5 Å². The number of nitrogens with one attached hydrogen (secondary N) is 1. The van der Waals surface area contributed by atoms with Crippen molar-refractivity contribution in [3.8, 4) is 5.75 Å². The number of H-pyrrole nitrogens is 1. The first-order valence-corrected chi connectivity index (χ1v) is 5.30. The molecule has 5 heteroatoms. The number of fused-ring (bicyclic) bond motifs is 1. The van der Waals surface area contributed by atoms with E-state index in [-0.39, 0.29) is 10.8 Å². The van der Waals surface area contributed by atoms with Crippen LogP contribution in [0.2, 0.25) is 5.02 Å². The Morgan fingerprint density at radius 2 is 2.19 bits per heavy atom. The van der Waals surface area contributed by atoms with Gasteiger partial charge in [-0.2, -0.15) is 0 Å². The zero-order chi connectivity index (χ0) is 11.7. The van der Waals surface area contributed by atoms with E-state index in [0.717, 1.165) is 5.39 Å². The number of rotatable bonds is 3. The molecule has 0 aliphatic rings. The summed E-state index contributed by atoms with van der Waals surface area (Å²) in [6.45, 7) is 2.22. The minimum Gasteiger partial charge on any atom is -0.506 e. The fourth-order valence-corrected chi connectivity index (χ4v) is 1.72. The fourth-order valence-electron chi connectivity index (χ4n) is 1.54. The first-order valence-electron chi connectivity index (χ1n) is 4.92. The highest BCUT2D eigenvalue weighted by Gasteiger charge is 2.11. The molecule has 0 saturated carbocycles. The lowest BCUT2D eigenvalue weighted by Crippen LogP contribution is -2.02. The Morgan fingerprint density at radius 3 is 2.88 bits per heavy atom. The second-order valence-corrected chi connectivity index (χ2v) is 3.83. The van der Waals surface area contributed by atoms with Gasteiger partial charge in [0.2, 0.25) is 0 Å². The zero-order valence-corrected chi connectivity index (χ0v) is 9.45. The molecule has 0 aliphatic heterocycles. The largest absolute Gasteiger partial charge is 0.506 e. The summed E-state index contributed by atoms with van der Waals surface area (Å²) in [5.74, 6) is 0.00784. The third kappa shape index (κ3) is 2.00. The Bertz CT molecular complexity index is 470. The van der Waals surface area contributed by atoms with Gasteiger partial charge in [-0.1, -0.05) is 11.6 Å². The summed E-state index contributed by atoms with van der Waals surface area (Å²) < 4.78 is 5.05. The molecule has 4 nitrogen and oxygen atoms in total. The average Bonchev–Trinajstić information content (AvgIpc) is 2.62. The number of aromatic amines is 1. The van der Waals surface area contributed by atoms with E-state index in [9.17, 15) is 10.2 Å². The maximum atomic E-state index is 9.61. The summed E-state index contributed by atoms with van der Waals surface area (Å²) in [5.41, 5.74) is 1.24. The molecule has 3 N–H and O–H groups in total. The van der Waals surface area contributed by atoms with Crippen molar-refractivity contribution in [1.29, 1.82) is 0 Å². The first-order chi connectivity index (χ1) is 7.61. The van der Waals surface area contributed by atoms with Gasteiger partial charge in [0.1, 0.15) is 5.75 Å². The fraction of sp³-hybridized carbons (Fsp3) is 0.273.